The topological polar surface area (TPSA) is 32.3 Å². The minimum absolute atomic E-state index is 0.178. The Morgan fingerprint density at radius 3 is 2.44 bits per heavy atom. The van der Waals surface area contributed by atoms with Gasteiger partial charge in [-0.15, -0.1) is 0 Å². The van der Waals surface area contributed by atoms with Crippen LogP contribution < -0.4 is 5.32 Å². The molecule has 0 aromatic heterocycles. The molecule has 2 unspecified atom stereocenters. The van der Waals surface area contributed by atoms with Crippen LogP contribution >= 0.6 is 15.9 Å². The molecule has 0 amide bonds. The molecule has 0 aliphatic carbocycles. The van der Waals surface area contributed by atoms with E-state index < -0.39 is 0 Å². The lowest BCUT2D eigenvalue weighted by molar-refractivity contribution is 0.258. The number of hydrogen-bond acceptors (Lipinski definition) is 2. The van der Waals surface area contributed by atoms with Gasteiger partial charge >= 0.3 is 0 Å². The fourth-order valence-corrected chi connectivity index (χ4v) is 2.16. The molecule has 0 radical (unpaired) electrons. The van der Waals surface area contributed by atoms with Crippen molar-refractivity contribution in [2.45, 2.75) is 53.1 Å². The molecule has 18 heavy (non-hydrogen) atoms. The highest BCUT2D eigenvalue weighted by atomic mass is 79.9. The Hall–Kier alpha value is -0.540. The van der Waals surface area contributed by atoms with E-state index in [-0.39, 0.29) is 11.5 Å². The minimum atomic E-state index is 0.178. The van der Waals surface area contributed by atoms with E-state index in [9.17, 15) is 5.11 Å². The van der Waals surface area contributed by atoms with Crippen LogP contribution in [0.5, 0.6) is 5.75 Å². The van der Waals surface area contributed by atoms with Gasteiger partial charge in [-0.2, -0.15) is 0 Å². The molecular weight excluding hydrogens is 290 g/mol. The van der Waals surface area contributed by atoms with Crippen molar-refractivity contribution in [3.05, 3.63) is 28.2 Å². The molecule has 1 aromatic rings. The zero-order valence-corrected chi connectivity index (χ0v) is 13.5. The summed E-state index contributed by atoms with van der Waals surface area (Å²) in [5.41, 5.74) is 1.16. The molecule has 0 saturated carbocycles. The van der Waals surface area contributed by atoms with Gasteiger partial charge < -0.3 is 10.4 Å². The molecule has 1 aromatic carbocycles. The van der Waals surface area contributed by atoms with Crippen molar-refractivity contribution in [1.82, 2.24) is 5.32 Å². The molecule has 0 aliphatic heterocycles. The van der Waals surface area contributed by atoms with Crippen molar-refractivity contribution in [2.75, 3.05) is 0 Å². The normalized spacial score (nSPS) is 15.4. The largest absolute Gasteiger partial charge is 0.508 e. The van der Waals surface area contributed by atoms with Crippen LogP contribution in [0.1, 0.15) is 52.6 Å². The fourth-order valence-electron chi connectivity index (χ4n) is 1.78. The quantitative estimate of drug-likeness (QED) is 0.849. The van der Waals surface area contributed by atoms with E-state index in [1.165, 1.54) is 0 Å². The van der Waals surface area contributed by atoms with Crippen molar-refractivity contribution in [2.24, 2.45) is 5.41 Å². The van der Waals surface area contributed by atoms with Gasteiger partial charge in [-0.1, -0.05) is 43.6 Å². The minimum Gasteiger partial charge on any atom is -0.508 e. The maximum absolute atomic E-state index is 9.99. The van der Waals surface area contributed by atoms with Crippen molar-refractivity contribution in [3.8, 4) is 5.75 Å². The van der Waals surface area contributed by atoms with Crippen LogP contribution in [0.15, 0.2) is 22.7 Å². The van der Waals surface area contributed by atoms with Crippen molar-refractivity contribution in [1.29, 1.82) is 0 Å². The molecule has 3 heteroatoms. The first-order valence-corrected chi connectivity index (χ1v) is 7.29. The number of benzene rings is 1. The number of nitrogens with one attached hydrogen (secondary N) is 1. The summed E-state index contributed by atoms with van der Waals surface area (Å²) in [6, 6.07) is 6.15. The number of halogens is 1. The summed E-state index contributed by atoms with van der Waals surface area (Å²) in [4.78, 5) is 0. The number of hydrogen-bond donors (Lipinski definition) is 2. The predicted molar refractivity (Wildman–Crippen MR) is 80.9 cm³/mol. The highest BCUT2D eigenvalue weighted by molar-refractivity contribution is 9.10. The smallest absolute Gasteiger partial charge is 0.120 e. The molecule has 0 bridgehead atoms. The lowest BCUT2D eigenvalue weighted by atomic mass is 9.87. The van der Waals surface area contributed by atoms with E-state index in [2.05, 4.69) is 55.9 Å². The van der Waals surface area contributed by atoms with Crippen LogP contribution in [-0.4, -0.2) is 11.1 Å². The summed E-state index contributed by atoms with van der Waals surface area (Å²) in [6.07, 6.45) is 0.949. The highest BCUT2D eigenvalue weighted by Gasteiger charge is 2.24. The molecule has 2 N–H and O–H groups in total. The molecule has 0 heterocycles. The first-order valence-electron chi connectivity index (χ1n) is 6.50. The zero-order chi connectivity index (χ0) is 13.9. The summed E-state index contributed by atoms with van der Waals surface area (Å²) >= 11 is 3.46. The van der Waals surface area contributed by atoms with E-state index in [1.54, 1.807) is 6.07 Å². The van der Waals surface area contributed by atoms with E-state index in [0.29, 0.717) is 11.8 Å². The average Bonchev–Trinajstić information content (AvgIpc) is 2.28. The van der Waals surface area contributed by atoms with Crippen LogP contribution in [0.25, 0.3) is 0 Å². The Balaban J connectivity index is 2.93. The molecule has 2 atom stereocenters. The van der Waals surface area contributed by atoms with E-state index >= 15 is 0 Å². The van der Waals surface area contributed by atoms with Crippen LogP contribution in [0, 0.1) is 5.41 Å². The first-order chi connectivity index (χ1) is 8.25. The Bertz CT molecular complexity index is 398. The van der Waals surface area contributed by atoms with Gasteiger partial charge in [0.05, 0.1) is 0 Å². The van der Waals surface area contributed by atoms with Gasteiger partial charge in [0.25, 0.3) is 0 Å². The SMILES string of the molecule is CCC(NC(C)C(C)(C)C)c1cc(Br)ccc1O. The number of aromatic hydroxyl groups is 1. The molecule has 0 aliphatic rings. The molecule has 2 nitrogen and oxygen atoms in total. The van der Waals surface area contributed by atoms with Crippen LogP contribution in [0.3, 0.4) is 0 Å². The van der Waals surface area contributed by atoms with Crippen molar-refractivity contribution >= 4 is 15.9 Å². The predicted octanol–water partition coefficient (Wildman–Crippen LogP) is 4.63. The standard InChI is InChI=1S/C15H24BrNO/c1-6-13(17-10(2)15(3,4)5)12-9-11(16)7-8-14(12)18/h7-10,13,17-18H,6H2,1-5H3. The van der Waals surface area contributed by atoms with Gasteiger partial charge in [-0.3, -0.25) is 0 Å². The van der Waals surface area contributed by atoms with Crippen molar-refractivity contribution in [3.63, 3.8) is 0 Å². The Labute approximate surface area is 119 Å². The number of phenolic OH excluding ortho intramolecular Hbond substituents is 1. The molecule has 0 fully saturated rings. The molecular formula is C15H24BrNO. The highest BCUT2D eigenvalue weighted by Crippen LogP contribution is 2.31. The number of rotatable bonds is 4. The third-order valence-electron chi connectivity index (χ3n) is 3.52. The number of phenols is 1. The van der Waals surface area contributed by atoms with Crippen LogP contribution in [0.2, 0.25) is 0 Å². The second kappa shape index (κ2) is 6.07. The summed E-state index contributed by atoms with van der Waals surface area (Å²) in [5, 5.41) is 13.6. The van der Waals surface area contributed by atoms with Gasteiger partial charge in [0.1, 0.15) is 5.75 Å². The van der Waals surface area contributed by atoms with Crippen LogP contribution in [-0.2, 0) is 0 Å². The van der Waals surface area contributed by atoms with Gasteiger partial charge in [0.15, 0.2) is 0 Å². The maximum Gasteiger partial charge on any atom is 0.120 e. The Kier molecular flexibility index (Phi) is 5.23. The summed E-state index contributed by atoms with van der Waals surface area (Å²) in [5.74, 6) is 0.360. The molecule has 1 rings (SSSR count). The first kappa shape index (κ1) is 15.5. The van der Waals surface area contributed by atoms with E-state index in [1.807, 2.05) is 12.1 Å². The van der Waals surface area contributed by atoms with Gasteiger partial charge in [0, 0.05) is 22.1 Å². The fraction of sp³-hybridized carbons (Fsp3) is 0.600. The second-order valence-corrected chi connectivity index (χ2v) is 6.83. The summed E-state index contributed by atoms with van der Waals surface area (Å²) in [6.45, 7) is 11.0. The van der Waals surface area contributed by atoms with Gasteiger partial charge in [0.2, 0.25) is 0 Å². The zero-order valence-electron chi connectivity index (χ0n) is 11.9. The molecule has 0 saturated heterocycles. The van der Waals surface area contributed by atoms with Crippen molar-refractivity contribution < 1.29 is 5.11 Å². The third-order valence-corrected chi connectivity index (χ3v) is 4.02. The van der Waals surface area contributed by atoms with E-state index in [0.717, 1.165) is 16.5 Å². The Morgan fingerprint density at radius 1 is 1.33 bits per heavy atom. The Morgan fingerprint density at radius 2 is 1.94 bits per heavy atom. The lowest BCUT2D eigenvalue weighted by Gasteiger charge is -2.32. The van der Waals surface area contributed by atoms with Crippen LogP contribution in [0.4, 0.5) is 0 Å². The molecule has 102 valence electrons. The average molecular weight is 314 g/mol. The maximum atomic E-state index is 9.99. The third kappa shape index (κ3) is 3.99. The van der Waals surface area contributed by atoms with Gasteiger partial charge in [-0.25, -0.2) is 0 Å². The lowest BCUT2D eigenvalue weighted by Crippen LogP contribution is -2.39. The summed E-state index contributed by atoms with van der Waals surface area (Å²) in [7, 11) is 0. The summed E-state index contributed by atoms with van der Waals surface area (Å²) < 4.78 is 0.999. The monoisotopic (exact) mass is 313 g/mol. The van der Waals surface area contributed by atoms with E-state index in [4.69, 9.17) is 0 Å². The van der Waals surface area contributed by atoms with Gasteiger partial charge in [-0.05, 0) is 37.0 Å². The second-order valence-electron chi connectivity index (χ2n) is 5.92. The molecule has 0 spiro atoms.